The second kappa shape index (κ2) is 4.58. The van der Waals surface area contributed by atoms with Crippen LogP contribution in [0.5, 0.6) is 5.75 Å². The molecule has 0 radical (unpaired) electrons. The van der Waals surface area contributed by atoms with E-state index < -0.39 is 0 Å². The topological polar surface area (TPSA) is 46.6 Å². The van der Waals surface area contributed by atoms with Crippen molar-refractivity contribution in [3.8, 4) is 5.75 Å². The van der Waals surface area contributed by atoms with Crippen molar-refractivity contribution in [1.29, 1.82) is 0 Å². The van der Waals surface area contributed by atoms with E-state index in [1.54, 1.807) is 0 Å². The second-order valence-corrected chi connectivity index (χ2v) is 6.32. The summed E-state index contributed by atoms with van der Waals surface area (Å²) in [6.45, 7) is 2.53. The SMILES string of the molecule is CCOc1ccc(N2C(=O)[C@@H]3[C@H]4CC[C@@H](C4)[C@H]3C2=O)cc1. The Kier molecular flexibility index (Phi) is 2.81. The van der Waals surface area contributed by atoms with E-state index in [4.69, 9.17) is 4.74 Å². The molecule has 0 N–H and O–H groups in total. The van der Waals surface area contributed by atoms with E-state index in [1.807, 2.05) is 31.2 Å². The summed E-state index contributed by atoms with van der Waals surface area (Å²) in [5, 5.41) is 0. The largest absolute Gasteiger partial charge is 0.494 e. The number of imide groups is 1. The van der Waals surface area contributed by atoms with Gasteiger partial charge in [0.2, 0.25) is 11.8 Å². The third kappa shape index (κ3) is 1.74. The number of rotatable bonds is 3. The number of ether oxygens (including phenoxy) is 1. The number of hydrogen-bond donors (Lipinski definition) is 0. The van der Waals surface area contributed by atoms with Crippen molar-refractivity contribution >= 4 is 17.5 Å². The first kappa shape index (κ1) is 12.9. The number of amides is 2. The quantitative estimate of drug-likeness (QED) is 0.802. The summed E-state index contributed by atoms with van der Waals surface area (Å²) in [5.74, 6) is 1.56. The van der Waals surface area contributed by atoms with Gasteiger partial charge in [-0.1, -0.05) is 0 Å². The number of hydrogen-bond acceptors (Lipinski definition) is 3. The molecule has 3 aliphatic rings. The van der Waals surface area contributed by atoms with Gasteiger partial charge in [0.05, 0.1) is 24.1 Å². The van der Waals surface area contributed by atoms with Gasteiger partial charge in [0.25, 0.3) is 0 Å². The fourth-order valence-corrected chi connectivity index (χ4v) is 4.52. The minimum absolute atomic E-state index is 0.0151. The van der Waals surface area contributed by atoms with E-state index in [2.05, 4.69) is 0 Å². The summed E-state index contributed by atoms with van der Waals surface area (Å²) in [6, 6.07) is 7.26. The fourth-order valence-electron chi connectivity index (χ4n) is 4.52. The van der Waals surface area contributed by atoms with Gasteiger partial charge in [-0.2, -0.15) is 0 Å². The van der Waals surface area contributed by atoms with Gasteiger partial charge < -0.3 is 4.74 Å². The average molecular weight is 285 g/mol. The van der Waals surface area contributed by atoms with Gasteiger partial charge in [-0.3, -0.25) is 14.5 Å². The van der Waals surface area contributed by atoms with E-state index in [-0.39, 0.29) is 23.7 Å². The van der Waals surface area contributed by atoms with Gasteiger partial charge >= 0.3 is 0 Å². The van der Waals surface area contributed by atoms with Crippen LogP contribution in [-0.4, -0.2) is 18.4 Å². The van der Waals surface area contributed by atoms with Crippen LogP contribution in [0.4, 0.5) is 5.69 Å². The summed E-state index contributed by atoms with van der Waals surface area (Å²) in [4.78, 5) is 26.8. The van der Waals surface area contributed by atoms with Crippen LogP contribution in [0.1, 0.15) is 26.2 Å². The van der Waals surface area contributed by atoms with Gasteiger partial charge in [0.15, 0.2) is 0 Å². The minimum atomic E-state index is -0.0529. The fraction of sp³-hybridized carbons (Fsp3) is 0.529. The number of fused-ring (bicyclic) bond motifs is 5. The molecule has 0 unspecified atom stereocenters. The maximum absolute atomic E-state index is 12.7. The monoisotopic (exact) mass is 285 g/mol. The molecule has 2 saturated carbocycles. The van der Waals surface area contributed by atoms with E-state index in [9.17, 15) is 9.59 Å². The summed E-state index contributed by atoms with van der Waals surface area (Å²) in [7, 11) is 0. The van der Waals surface area contributed by atoms with Crippen molar-refractivity contribution in [2.45, 2.75) is 26.2 Å². The smallest absolute Gasteiger partial charge is 0.237 e. The van der Waals surface area contributed by atoms with Crippen molar-refractivity contribution in [3.05, 3.63) is 24.3 Å². The first-order chi connectivity index (χ1) is 10.2. The summed E-state index contributed by atoms with van der Waals surface area (Å²) in [6.07, 6.45) is 3.30. The van der Waals surface area contributed by atoms with Crippen LogP contribution in [0, 0.1) is 23.7 Å². The normalized spacial score (nSPS) is 33.7. The van der Waals surface area contributed by atoms with Crippen LogP contribution >= 0.6 is 0 Å². The van der Waals surface area contributed by atoms with Crippen LogP contribution in [0.2, 0.25) is 0 Å². The van der Waals surface area contributed by atoms with E-state index in [0.29, 0.717) is 24.1 Å². The zero-order chi connectivity index (χ0) is 14.6. The maximum atomic E-state index is 12.7. The summed E-state index contributed by atoms with van der Waals surface area (Å²) in [5.41, 5.74) is 0.683. The van der Waals surface area contributed by atoms with Crippen molar-refractivity contribution in [2.75, 3.05) is 11.5 Å². The summed E-state index contributed by atoms with van der Waals surface area (Å²) >= 11 is 0. The predicted octanol–water partition coefficient (Wildman–Crippen LogP) is 2.62. The Balaban J connectivity index is 1.64. The average Bonchev–Trinajstić information content (AvgIpc) is 3.15. The third-order valence-electron chi connectivity index (χ3n) is 5.33. The summed E-state index contributed by atoms with van der Waals surface area (Å²) < 4.78 is 5.41. The number of anilines is 1. The molecule has 3 fully saturated rings. The lowest BCUT2D eigenvalue weighted by atomic mass is 9.81. The Bertz CT molecular complexity index is 567. The zero-order valence-electron chi connectivity index (χ0n) is 12.1. The number of nitrogens with zero attached hydrogens (tertiary/aromatic N) is 1. The standard InChI is InChI=1S/C17H19NO3/c1-2-21-13-7-5-12(6-8-13)18-16(19)14-10-3-4-11(9-10)15(14)17(18)20/h5-8,10-11,14-15H,2-4,9H2,1H3/t10-,11-,14+,15+/m0/s1. The highest BCUT2D eigenvalue weighted by molar-refractivity contribution is 6.22. The molecule has 2 bridgehead atoms. The van der Waals surface area contributed by atoms with Crippen molar-refractivity contribution in [1.82, 2.24) is 0 Å². The molecule has 1 aliphatic heterocycles. The van der Waals surface area contributed by atoms with Gasteiger partial charge in [-0.05, 0) is 62.3 Å². The highest BCUT2D eigenvalue weighted by Gasteiger charge is 2.61. The molecule has 21 heavy (non-hydrogen) atoms. The van der Waals surface area contributed by atoms with Crippen molar-refractivity contribution in [2.24, 2.45) is 23.7 Å². The Labute approximate surface area is 124 Å². The molecule has 4 atom stereocenters. The maximum Gasteiger partial charge on any atom is 0.237 e. The molecule has 4 rings (SSSR count). The first-order valence-electron chi connectivity index (χ1n) is 7.81. The Morgan fingerprint density at radius 2 is 1.62 bits per heavy atom. The molecule has 1 aromatic carbocycles. The molecule has 2 aliphatic carbocycles. The molecular weight excluding hydrogens is 266 g/mol. The van der Waals surface area contributed by atoms with Gasteiger partial charge in [0, 0.05) is 0 Å². The van der Waals surface area contributed by atoms with Gasteiger partial charge in [0.1, 0.15) is 5.75 Å². The van der Waals surface area contributed by atoms with Crippen LogP contribution in [0.3, 0.4) is 0 Å². The predicted molar refractivity (Wildman–Crippen MR) is 77.9 cm³/mol. The minimum Gasteiger partial charge on any atom is -0.494 e. The van der Waals surface area contributed by atoms with Crippen molar-refractivity contribution in [3.63, 3.8) is 0 Å². The van der Waals surface area contributed by atoms with Gasteiger partial charge in [-0.15, -0.1) is 0 Å². The molecule has 4 heteroatoms. The highest BCUT2D eigenvalue weighted by atomic mass is 16.5. The lowest BCUT2D eigenvalue weighted by Gasteiger charge is -2.19. The molecule has 110 valence electrons. The van der Waals surface area contributed by atoms with Crippen LogP contribution in [0.15, 0.2) is 24.3 Å². The second-order valence-electron chi connectivity index (χ2n) is 6.32. The van der Waals surface area contributed by atoms with Crippen molar-refractivity contribution < 1.29 is 14.3 Å². The number of benzene rings is 1. The Morgan fingerprint density at radius 1 is 1.05 bits per heavy atom. The van der Waals surface area contributed by atoms with Crippen LogP contribution in [-0.2, 0) is 9.59 Å². The Morgan fingerprint density at radius 3 is 2.14 bits per heavy atom. The highest BCUT2D eigenvalue weighted by Crippen LogP contribution is 2.56. The van der Waals surface area contributed by atoms with E-state index in [1.165, 1.54) is 4.90 Å². The lowest BCUT2D eigenvalue weighted by Crippen LogP contribution is -2.32. The van der Waals surface area contributed by atoms with E-state index in [0.717, 1.165) is 25.0 Å². The molecule has 2 amide bonds. The zero-order valence-corrected chi connectivity index (χ0v) is 12.1. The molecule has 1 saturated heterocycles. The number of carbonyl (C=O) groups is 2. The molecule has 1 heterocycles. The molecular formula is C17H19NO3. The van der Waals surface area contributed by atoms with E-state index >= 15 is 0 Å². The first-order valence-corrected chi connectivity index (χ1v) is 7.81. The molecule has 4 nitrogen and oxygen atoms in total. The molecule has 0 aromatic heterocycles. The third-order valence-corrected chi connectivity index (χ3v) is 5.33. The Hall–Kier alpha value is -1.84. The number of carbonyl (C=O) groups excluding carboxylic acids is 2. The molecule has 0 spiro atoms. The van der Waals surface area contributed by atoms with Gasteiger partial charge in [-0.25, -0.2) is 0 Å². The van der Waals surface area contributed by atoms with Crippen LogP contribution < -0.4 is 9.64 Å². The molecule has 1 aromatic rings. The lowest BCUT2D eigenvalue weighted by molar-refractivity contribution is -0.123. The van der Waals surface area contributed by atoms with Crippen LogP contribution in [0.25, 0.3) is 0 Å².